The van der Waals surface area contributed by atoms with Gasteiger partial charge in [0.05, 0.1) is 12.6 Å². The molecule has 0 spiro atoms. The number of fused-ring (bicyclic) bond motifs is 1. The molecule has 2 aliphatic heterocycles. The average molecular weight is 410 g/mol. The van der Waals surface area contributed by atoms with E-state index in [1.54, 1.807) is 4.90 Å². The van der Waals surface area contributed by atoms with Crippen LogP contribution >= 0.6 is 0 Å². The molecule has 1 amide bonds. The Bertz CT molecular complexity index is 1070. The standard InChI is InChI=1S/C26H22N2O3/c27-19-25-18-26(21-12-6-2-7-13-21,22-14-8-3-9-15-22)31-30-23(25)17-28(24(25)29)16-20-10-4-1-5-11-20/h1-15,23H,16-18H2. The molecule has 0 bridgehead atoms. The van der Waals surface area contributed by atoms with Gasteiger partial charge in [-0.1, -0.05) is 91.0 Å². The van der Waals surface area contributed by atoms with E-state index in [2.05, 4.69) is 6.07 Å². The number of carbonyl (C=O) groups is 1. The maximum absolute atomic E-state index is 13.6. The summed E-state index contributed by atoms with van der Waals surface area (Å²) in [4.78, 5) is 27.3. The van der Waals surface area contributed by atoms with E-state index in [9.17, 15) is 10.1 Å². The van der Waals surface area contributed by atoms with Gasteiger partial charge in [-0.3, -0.25) is 4.79 Å². The Hall–Kier alpha value is -3.46. The van der Waals surface area contributed by atoms with Gasteiger partial charge in [0.25, 0.3) is 0 Å². The third kappa shape index (κ3) is 3.12. The van der Waals surface area contributed by atoms with E-state index in [0.29, 0.717) is 13.1 Å². The van der Waals surface area contributed by atoms with Gasteiger partial charge in [-0.15, -0.1) is 0 Å². The molecule has 0 radical (unpaired) electrons. The summed E-state index contributed by atoms with van der Waals surface area (Å²) >= 11 is 0. The lowest BCUT2D eigenvalue weighted by molar-refractivity contribution is -0.415. The van der Waals surface area contributed by atoms with Crippen LogP contribution in [0.25, 0.3) is 0 Å². The number of nitriles is 1. The van der Waals surface area contributed by atoms with Crippen molar-refractivity contribution in [3.05, 3.63) is 108 Å². The average Bonchev–Trinajstić information content (AvgIpc) is 3.11. The van der Waals surface area contributed by atoms with E-state index in [1.807, 2.05) is 91.0 Å². The predicted octanol–water partition coefficient (Wildman–Crippen LogP) is 4.20. The first-order valence-electron chi connectivity index (χ1n) is 10.4. The van der Waals surface area contributed by atoms with Gasteiger partial charge in [0, 0.05) is 13.0 Å². The Morgan fingerprint density at radius 1 is 0.903 bits per heavy atom. The number of nitrogens with zero attached hydrogens (tertiary/aromatic N) is 2. The molecule has 5 rings (SSSR count). The lowest BCUT2D eigenvalue weighted by Crippen LogP contribution is -2.51. The Labute approximate surface area is 181 Å². The molecule has 5 nitrogen and oxygen atoms in total. The van der Waals surface area contributed by atoms with Crippen molar-refractivity contribution in [3.63, 3.8) is 0 Å². The molecule has 3 aromatic rings. The molecule has 2 heterocycles. The monoisotopic (exact) mass is 410 g/mol. The molecule has 2 saturated heterocycles. The fourth-order valence-corrected chi connectivity index (χ4v) is 4.70. The SMILES string of the molecule is N#CC12CC(c3ccccc3)(c3ccccc3)OOC1CN(Cc1ccccc1)C2=O. The Balaban J connectivity index is 1.56. The lowest BCUT2D eigenvalue weighted by atomic mass is 9.69. The number of likely N-dealkylation sites (tertiary alicyclic amines) is 1. The van der Waals surface area contributed by atoms with E-state index < -0.39 is 17.1 Å². The molecule has 2 atom stereocenters. The zero-order valence-corrected chi connectivity index (χ0v) is 17.0. The molecule has 0 saturated carbocycles. The summed E-state index contributed by atoms with van der Waals surface area (Å²) < 4.78 is 0. The summed E-state index contributed by atoms with van der Waals surface area (Å²) in [6, 6.07) is 31.5. The van der Waals surface area contributed by atoms with Crippen molar-refractivity contribution in [2.75, 3.05) is 6.54 Å². The van der Waals surface area contributed by atoms with Crippen LogP contribution in [-0.2, 0) is 26.7 Å². The molecule has 154 valence electrons. The van der Waals surface area contributed by atoms with E-state index in [0.717, 1.165) is 16.7 Å². The maximum Gasteiger partial charge on any atom is 0.246 e. The van der Waals surface area contributed by atoms with Crippen molar-refractivity contribution in [3.8, 4) is 6.07 Å². The number of amides is 1. The van der Waals surface area contributed by atoms with E-state index in [4.69, 9.17) is 9.78 Å². The third-order valence-electron chi connectivity index (χ3n) is 6.33. The normalized spacial score (nSPS) is 24.4. The summed E-state index contributed by atoms with van der Waals surface area (Å²) in [6.45, 7) is 0.758. The smallest absolute Gasteiger partial charge is 0.246 e. The zero-order chi connectivity index (χ0) is 21.3. The van der Waals surface area contributed by atoms with Gasteiger partial charge < -0.3 is 4.90 Å². The Morgan fingerprint density at radius 2 is 1.45 bits per heavy atom. The van der Waals surface area contributed by atoms with Crippen molar-refractivity contribution >= 4 is 5.91 Å². The molecule has 31 heavy (non-hydrogen) atoms. The van der Waals surface area contributed by atoms with Crippen LogP contribution in [0.1, 0.15) is 23.1 Å². The first-order valence-corrected chi connectivity index (χ1v) is 10.4. The second kappa shape index (κ2) is 7.66. The molecule has 0 aromatic heterocycles. The fraction of sp³-hybridized carbons (Fsp3) is 0.231. The third-order valence-corrected chi connectivity index (χ3v) is 6.33. The largest absolute Gasteiger partial charge is 0.334 e. The molecule has 2 unspecified atom stereocenters. The van der Waals surface area contributed by atoms with E-state index >= 15 is 0 Å². The van der Waals surface area contributed by atoms with Gasteiger partial charge in [0.2, 0.25) is 5.91 Å². The molecule has 2 aliphatic rings. The van der Waals surface area contributed by atoms with Crippen LogP contribution in [0.4, 0.5) is 0 Å². The molecule has 3 aromatic carbocycles. The van der Waals surface area contributed by atoms with Crippen molar-refractivity contribution in [1.82, 2.24) is 4.90 Å². The lowest BCUT2D eigenvalue weighted by Gasteiger charge is -2.43. The van der Waals surface area contributed by atoms with Crippen LogP contribution in [0.2, 0.25) is 0 Å². The van der Waals surface area contributed by atoms with Crippen LogP contribution in [0.15, 0.2) is 91.0 Å². The first-order chi connectivity index (χ1) is 15.2. The van der Waals surface area contributed by atoms with Crippen LogP contribution in [0.3, 0.4) is 0 Å². The van der Waals surface area contributed by atoms with E-state index in [-0.39, 0.29) is 12.3 Å². The molecule has 5 heteroatoms. The van der Waals surface area contributed by atoms with Gasteiger partial charge in [-0.2, -0.15) is 5.26 Å². The van der Waals surface area contributed by atoms with Gasteiger partial charge in [-0.25, -0.2) is 9.78 Å². The Morgan fingerprint density at radius 3 is 2.00 bits per heavy atom. The molecule has 0 aliphatic carbocycles. The van der Waals surface area contributed by atoms with Crippen LogP contribution in [0, 0.1) is 16.7 Å². The van der Waals surface area contributed by atoms with Crippen molar-refractivity contribution < 1.29 is 14.6 Å². The summed E-state index contributed by atoms with van der Waals surface area (Å²) in [6.07, 6.45) is -0.450. The second-order valence-electron chi connectivity index (χ2n) is 8.16. The molecule has 0 N–H and O–H groups in total. The van der Waals surface area contributed by atoms with Crippen molar-refractivity contribution in [1.29, 1.82) is 5.26 Å². The zero-order valence-electron chi connectivity index (χ0n) is 17.0. The predicted molar refractivity (Wildman–Crippen MR) is 114 cm³/mol. The van der Waals surface area contributed by atoms with Crippen LogP contribution in [-0.4, -0.2) is 23.5 Å². The topological polar surface area (TPSA) is 62.6 Å². The second-order valence-corrected chi connectivity index (χ2v) is 8.16. The van der Waals surface area contributed by atoms with Crippen molar-refractivity contribution in [2.45, 2.75) is 24.7 Å². The Kier molecular flexibility index (Phi) is 4.82. The highest BCUT2D eigenvalue weighted by molar-refractivity contribution is 5.89. The first kappa shape index (κ1) is 19.5. The number of hydrogen-bond donors (Lipinski definition) is 0. The number of benzene rings is 3. The minimum atomic E-state index is -1.32. The molecule has 2 fully saturated rings. The van der Waals surface area contributed by atoms with E-state index in [1.165, 1.54) is 0 Å². The van der Waals surface area contributed by atoms with Gasteiger partial charge >= 0.3 is 0 Å². The van der Waals surface area contributed by atoms with Crippen molar-refractivity contribution in [2.24, 2.45) is 5.41 Å². The molecular formula is C26H22N2O3. The molecular weight excluding hydrogens is 388 g/mol. The minimum Gasteiger partial charge on any atom is -0.334 e. The summed E-state index contributed by atoms with van der Waals surface area (Å²) in [7, 11) is 0. The maximum atomic E-state index is 13.6. The number of carbonyl (C=O) groups excluding carboxylic acids is 1. The summed E-state index contributed by atoms with van der Waals surface area (Å²) in [5, 5.41) is 10.3. The van der Waals surface area contributed by atoms with Gasteiger partial charge in [0.15, 0.2) is 11.0 Å². The summed E-state index contributed by atoms with van der Waals surface area (Å²) in [5.74, 6) is -0.205. The quantitative estimate of drug-likeness (QED) is 0.605. The van der Waals surface area contributed by atoms with Gasteiger partial charge in [0.1, 0.15) is 6.10 Å². The highest BCUT2D eigenvalue weighted by atomic mass is 17.2. The number of hydrogen-bond acceptors (Lipinski definition) is 4. The minimum absolute atomic E-state index is 0.194. The number of rotatable bonds is 4. The fourth-order valence-electron chi connectivity index (χ4n) is 4.70. The summed E-state index contributed by atoms with van der Waals surface area (Å²) in [5.41, 5.74) is 0.347. The van der Waals surface area contributed by atoms with Gasteiger partial charge in [-0.05, 0) is 16.7 Å². The van der Waals surface area contributed by atoms with Crippen LogP contribution < -0.4 is 0 Å². The highest BCUT2D eigenvalue weighted by Gasteiger charge is 2.64. The van der Waals surface area contributed by atoms with Crippen LogP contribution in [0.5, 0.6) is 0 Å². The highest BCUT2D eigenvalue weighted by Crippen LogP contribution is 2.52.